The Hall–Kier alpha value is -0.370. The molecule has 0 aliphatic heterocycles. The third-order valence-electron chi connectivity index (χ3n) is 2.40. The van der Waals surface area contributed by atoms with Crippen LogP contribution in [0.15, 0.2) is 4.99 Å². The smallest absolute Gasteiger partial charge is 0.102 e. The Morgan fingerprint density at radius 3 is 1.92 bits per heavy atom. The SMILES string of the molecule is CCCC(O)(CCC)C(C)=NCC. The van der Waals surface area contributed by atoms with E-state index in [1.807, 2.05) is 13.8 Å². The Labute approximate surface area is 82.1 Å². The van der Waals surface area contributed by atoms with Gasteiger partial charge in [-0.15, -0.1) is 0 Å². The highest BCUT2D eigenvalue weighted by molar-refractivity contribution is 5.90. The lowest BCUT2D eigenvalue weighted by Gasteiger charge is -2.27. The molecule has 78 valence electrons. The van der Waals surface area contributed by atoms with E-state index in [4.69, 9.17) is 0 Å². The lowest BCUT2D eigenvalue weighted by molar-refractivity contribution is 0.0901. The van der Waals surface area contributed by atoms with Gasteiger partial charge in [-0.25, -0.2) is 0 Å². The van der Waals surface area contributed by atoms with Crippen LogP contribution in [-0.4, -0.2) is 23.0 Å². The average Bonchev–Trinajstić information content (AvgIpc) is 2.05. The highest BCUT2D eigenvalue weighted by Crippen LogP contribution is 2.21. The van der Waals surface area contributed by atoms with Gasteiger partial charge in [0.2, 0.25) is 0 Å². The first-order chi connectivity index (χ1) is 6.10. The fourth-order valence-electron chi connectivity index (χ4n) is 1.70. The van der Waals surface area contributed by atoms with Gasteiger partial charge in [0.25, 0.3) is 0 Å². The molecule has 0 saturated carbocycles. The Balaban J connectivity index is 4.46. The van der Waals surface area contributed by atoms with E-state index in [1.165, 1.54) is 0 Å². The van der Waals surface area contributed by atoms with Crippen molar-refractivity contribution < 1.29 is 5.11 Å². The number of nitrogens with zero attached hydrogens (tertiary/aromatic N) is 1. The van der Waals surface area contributed by atoms with Gasteiger partial charge in [-0.3, -0.25) is 4.99 Å². The van der Waals surface area contributed by atoms with Gasteiger partial charge in [0.1, 0.15) is 5.60 Å². The fourth-order valence-corrected chi connectivity index (χ4v) is 1.70. The van der Waals surface area contributed by atoms with E-state index < -0.39 is 5.60 Å². The minimum Gasteiger partial charge on any atom is -0.384 e. The molecule has 0 aliphatic rings. The quantitative estimate of drug-likeness (QED) is 0.634. The standard InChI is InChI=1S/C11H23NO/c1-5-8-11(13,9-6-2)10(4)12-7-3/h13H,5-9H2,1-4H3. The summed E-state index contributed by atoms with van der Waals surface area (Å²) in [7, 11) is 0. The number of aliphatic hydroxyl groups is 1. The van der Waals surface area contributed by atoms with Gasteiger partial charge in [-0.05, 0) is 26.7 Å². The normalized spacial score (nSPS) is 13.5. The maximum absolute atomic E-state index is 10.3. The van der Waals surface area contributed by atoms with E-state index in [-0.39, 0.29) is 0 Å². The first-order valence-electron chi connectivity index (χ1n) is 5.34. The molecule has 2 nitrogen and oxygen atoms in total. The molecular formula is C11H23NO. The van der Waals surface area contributed by atoms with Crippen molar-refractivity contribution in [1.29, 1.82) is 0 Å². The van der Waals surface area contributed by atoms with Crippen LogP contribution in [0.5, 0.6) is 0 Å². The predicted molar refractivity (Wildman–Crippen MR) is 58.4 cm³/mol. The molecule has 2 heteroatoms. The fraction of sp³-hybridized carbons (Fsp3) is 0.909. The summed E-state index contributed by atoms with van der Waals surface area (Å²) in [6, 6.07) is 0. The van der Waals surface area contributed by atoms with Crippen LogP contribution in [0.25, 0.3) is 0 Å². The van der Waals surface area contributed by atoms with Gasteiger partial charge in [0.05, 0.1) is 0 Å². The lowest BCUT2D eigenvalue weighted by atomic mass is 9.88. The van der Waals surface area contributed by atoms with Crippen molar-refractivity contribution in [3.05, 3.63) is 0 Å². The Kier molecular flexibility index (Phi) is 5.97. The number of hydrogen-bond acceptors (Lipinski definition) is 2. The minimum absolute atomic E-state index is 0.639. The maximum atomic E-state index is 10.3. The molecule has 0 unspecified atom stereocenters. The van der Waals surface area contributed by atoms with Gasteiger partial charge in [-0.2, -0.15) is 0 Å². The third kappa shape index (κ3) is 3.90. The number of hydrogen-bond donors (Lipinski definition) is 1. The van der Waals surface area contributed by atoms with Crippen molar-refractivity contribution in [2.45, 2.75) is 59.0 Å². The summed E-state index contributed by atoms with van der Waals surface area (Å²) in [5.74, 6) is 0. The van der Waals surface area contributed by atoms with Crippen LogP contribution in [0.2, 0.25) is 0 Å². The van der Waals surface area contributed by atoms with Gasteiger partial charge < -0.3 is 5.11 Å². The van der Waals surface area contributed by atoms with Crippen LogP contribution < -0.4 is 0 Å². The van der Waals surface area contributed by atoms with E-state index in [1.54, 1.807) is 0 Å². The molecule has 0 bridgehead atoms. The monoisotopic (exact) mass is 185 g/mol. The lowest BCUT2D eigenvalue weighted by Crippen LogP contribution is -2.36. The minimum atomic E-state index is -0.639. The zero-order chi connectivity index (χ0) is 10.3. The molecule has 0 aromatic rings. The Morgan fingerprint density at radius 2 is 1.62 bits per heavy atom. The molecule has 0 radical (unpaired) electrons. The molecule has 0 rings (SSSR count). The van der Waals surface area contributed by atoms with Gasteiger partial charge in [0, 0.05) is 12.3 Å². The molecule has 0 spiro atoms. The molecule has 0 aliphatic carbocycles. The molecule has 0 atom stereocenters. The van der Waals surface area contributed by atoms with Crippen LogP contribution in [-0.2, 0) is 0 Å². The summed E-state index contributed by atoms with van der Waals surface area (Å²) >= 11 is 0. The number of aliphatic imine (C=N–C) groups is 1. The molecule has 0 heterocycles. The van der Waals surface area contributed by atoms with Crippen molar-refractivity contribution in [3.63, 3.8) is 0 Å². The summed E-state index contributed by atoms with van der Waals surface area (Å²) in [5.41, 5.74) is 0.262. The summed E-state index contributed by atoms with van der Waals surface area (Å²) in [4.78, 5) is 4.30. The van der Waals surface area contributed by atoms with E-state index in [9.17, 15) is 5.11 Å². The van der Waals surface area contributed by atoms with Crippen LogP contribution in [0, 0.1) is 0 Å². The summed E-state index contributed by atoms with van der Waals surface area (Å²) < 4.78 is 0. The highest BCUT2D eigenvalue weighted by atomic mass is 16.3. The summed E-state index contributed by atoms with van der Waals surface area (Å²) in [6.45, 7) is 8.90. The predicted octanol–water partition coefficient (Wildman–Crippen LogP) is 2.80. The zero-order valence-electron chi connectivity index (χ0n) is 9.43. The third-order valence-corrected chi connectivity index (χ3v) is 2.40. The topological polar surface area (TPSA) is 32.6 Å². The second-order valence-electron chi connectivity index (χ2n) is 3.59. The van der Waals surface area contributed by atoms with Crippen molar-refractivity contribution in [2.24, 2.45) is 4.99 Å². The van der Waals surface area contributed by atoms with Crippen molar-refractivity contribution in [1.82, 2.24) is 0 Å². The Morgan fingerprint density at radius 1 is 1.15 bits per heavy atom. The average molecular weight is 185 g/mol. The first-order valence-corrected chi connectivity index (χ1v) is 5.34. The summed E-state index contributed by atoms with van der Waals surface area (Å²) in [6.07, 6.45) is 3.67. The summed E-state index contributed by atoms with van der Waals surface area (Å²) in [5, 5.41) is 10.3. The van der Waals surface area contributed by atoms with Gasteiger partial charge >= 0.3 is 0 Å². The largest absolute Gasteiger partial charge is 0.384 e. The number of rotatable bonds is 6. The van der Waals surface area contributed by atoms with Crippen LogP contribution in [0.4, 0.5) is 0 Å². The van der Waals surface area contributed by atoms with E-state index in [2.05, 4.69) is 18.8 Å². The van der Waals surface area contributed by atoms with Crippen molar-refractivity contribution >= 4 is 5.71 Å². The van der Waals surface area contributed by atoms with E-state index in [0.717, 1.165) is 37.9 Å². The molecular weight excluding hydrogens is 162 g/mol. The first kappa shape index (κ1) is 12.6. The zero-order valence-corrected chi connectivity index (χ0v) is 9.43. The van der Waals surface area contributed by atoms with E-state index in [0.29, 0.717) is 0 Å². The second kappa shape index (κ2) is 6.14. The van der Waals surface area contributed by atoms with Crippen molar-refractivity contribution in [3.8, 4) is 0 Å². The molecule has 0 aromatic heterocycles. The molecule has 0 aromatic carbocycles. The van der Waals surface area contributed by atoms with Crippen LogP contribution in [0.3, 0.4) is 0 Å². The molecule has 0 fully saturated rings. The molecule has 1 N–H and O–H groups in total. The molecule has 0 saturated heterocycles. The van der Waals surface area contributed by atoms with Gasteiger partial charge in [-0.1, -0.05) is 26.7 Å². The Bertz CT molecular complexity index is 157. The van der Waals surface area contributed by atoms with Crippen molar-refractivity contribution in [2.75, 3.05) is 6.54 Å². The van der Waals surface area contributed by atoms with Gasteiger partial charge in [0.15, 0.2) is 0 Å². The van der Waals surface area contributed by atoms with E-state index >= 15 is 0 Å². The molecule has 0 amide bonds. The highest BCUT2D eigenvalue weighted by Gasteiger charge is 2.27. The van der Waals surface area contributed by atoms with Crippen LogP contribution in [0.1, 0.15) is 53.4 Å². The molecule has 13 heavy (non-hydrogen) atoms. The van der Waals surface area contributed by atoms with Crippen LogP contribution >= 0.6 is 0 Å². The second-order valence-corrected chi connectivity index (χ2v) is 3.59. The maximum Gasteiger partial charge on any atom is 0.102 e.